The molecule has 0 spiro atoms. The summed E-state index contributed by atoms with van der Waals surface area (Å²) in [5, 5.41) is 10.3. The van der Waals surface area contributed by atoms with Crippen LogP contribution in [0.15, 0.2) is 54.2 Å². The Kier molecular flexibility index (Phi) is 2.35. The van der Waals surface area contributed by atoms with Gasteiger partial charge < -0.3 is 5.73 Å². The molecule has 1 aliphatic rings. The number of anilines is 1. The highest BCUT2D eigenvalue weighted by molar-refractivity contribution is 5.57. The Morgan fingerprint density at radius 2 is 1.80 bits per heavy atom. The average molecular weight is 203 g/mol. The third-order valence-corrected chi connectivity index (χ3v) is 2.21. The van der Waals surface area contributed by atoms with E-state index >= 15 is 0 Å². The molecule has 0 bridgehead atoms. The van der Waals surface area contributed by atoms with Crippen molar-refractivity contribution in [1.82, 2.24) is 5.06 Å². The predicted octanol–water partition coefficient (Wildman–Crippen LogP) is 1.82. The van der Waals surface area contributed by atoms with Crippen molar-refractivity contribution in [2.45, 2.75) is 6.92 Å². The van der Waals surface area contributed by atoms with E-state index < -0.39 is 0 Å². The van der Waals surface area contributed by atoms with E-state index in [0.717, 1.165) is 16.4 Å². The smallest absolute Gasteiger partial charge is 0.127 e. The molecule has 4 nitrogen and oxygen atoms in total. The van der Waals surface area contributed by atoms with Gasteiger partial charge in [0.05, 0.1) is 12.4 Å². The quantitative estimate of drug-likeness (QED) is 0.731. The summed E-state index contributed by atoms with van der Waals surface area (Å²) in [6.45, 7) is 1.88. The summed E-state index contributed by atoms with van der Waals surface area (Å²) in [6, 6.07) is 9.77. The summed E-state index contributed by atoms with van der Waals surface area (Å²) in [7, 11) is 0. The average Bonchev–Trinajstić information content (AvgIpc) is 2.17. The Bertz CT molecular complexity index is 391. The first-order valence-electron chi connectivity index (χ1n) is 4.66. The van der Waals surface area contributed by atoms with Gasteiger partial charge in [0.15, 0.2) is 0 Å². The van der Waals surface area contributed by atoms with E-state index in [4.69, 9.17) is 5.73 Å². The predicted molar refractivity (Wildman–Crippen MR) is 58.6 cm³/mol. The van der Waals surface area contributed by atoms with E-state index in [9.17, 15) is 5.21 Å². The van der Waals surface area contributed by atoms with Gasteiger partial charge >= 0.3 is 0 Å². The molecule has 0 aliphatic carbocycles. The number of hydrogen-bond acceptors (Lipinski definition) is 4. The summed E-state index contributed by atoms with van der Waals surface area (Å²) in [5.74, 6) is 0.490. The van der Waals surface area contributed by atoms with E-state index in [2.05, 4.69) is 0 Å². The van der Waals surface area contributed by atoms with Gasteiger partial charge in [0, 0.05) is 11.4 Å². The molecule has 0 saturated carbocycles. The van der Waals surface area contributed by atoms with E-state index in [-0.39, 0.29) is 0 Å². The number of nitrogens with two attached hydrogens (primary N) is 1. The summed E-state index contributed by atoms with van der Waals surface area (Å²) in [5.41, 5.74) is 7.68. The lowest BCUT2D eigenvalue weighted by molar-refractivity contribution is 0.00744. The molecule has 2 rings (SSSR count). The number of allylic oxidation sites excluding steroid dienone is 1. The molecular formula is C11H13N3O. The fourth-order valence-electron chi connectivity index (χ4n) is 1.61. The molecule has 78 valence electrons. The molecule has 1 heterocycles. The second kappa shape index (κ2) is 3.67. The maximum Gasteiger partial charge on any atom is 0.127 e. The lowest BCUT2D eigenvalue weighted by Gasteiger charge is -2.30. The van der Waals surface area contributed by atoms with Crippen molar-refractivity contribution in [3.63, 3.8) is 0 Å². The highest BCUT2D eigenvalue weighted by Gasteiger charge is 2.16. The van der Waals surface area contributed by atoms with Crippen molar-refractivity contribution in [1.29, 1.82) is 0 Å². The minimum Gasteiger partial charge on any atom is -0.384 e. The van der Waals surface area contributed by atoms with Gasteiger partial charge in [0.25, 0.3) is 0 Å². The molecule has 0 saturated heterocycles. The summed E-state index contributed by atoms with van der Waals surface area (Å²) >= 11 is 0. The van der Waals surface area contributed by atoms with Gasteiger partial charge in [-0.2, -0.15) is 0 Å². The minimum atomic E-state index is 0.490. The minimum absolute atomic E-state index is 0.490. The number of nitrogens with zero attached hydrogens (tertiary/aromatic N) is 2. The van der Waals surface area contributed by atoms with Crippen LogP contribution in [0.3, 0.4) is 0 Å². The normalized spacial score (nSPS) is 16.1. The monoisotopic (exact) mass is 203 g/mol. The van der Waals surface area contributed by atoms with E-state index in [0.29, 0.717) is 5.82 Å². The van der Waals surface area contributed by atoms with Crippen LogP contribution in [0.4, 0.5) is 5.69 Å². The Balaban J connectivity index is 2.38. The lowest BCUT2D eigenvalue weighted by atomic mass is 10.2. The Hall–Kier alpha value is -1.94. The molecule has 1 aliphatic heterocycles. The van der Waals surface area contributed by atoms with Gasteiger partial charge in [-0.1, -0.05) is 18.2 Å². The van der Waals surface area contributed by atoms with Gasteiger partial charge in [0.2, 0.25) is 0 Å². The number of hydroxylamine groups is 2. The van der Waals surface area contributed by atoms with Crippen LogP contribution >= 0.6 is 0 Å². The van der Waals surface area contributed by atoms with Crippen LogP contribution in [0.25, 0.3) is 0 Å². The van der Waals surface area contributed by atoms with Gasteiger partial charge in [-0.15, -0.1) is 0 Å². The molecule has 15 heavy (non-hydrogen) atoms. The van der Waals surface area contributed by atoms with Crippen LogP contribution in [-0.4, -0.2) is 10.3 Å². The molecule has 1 aromatic carbocycles. The van der Waals surface area contributed by atoms with Gasteiger partial charge in [-0.25, -0.2) is 5.06 Å². The van der Waals surface area contributed by atoms with E-state index in [1.54, 1.807) is 6.20 Å². The number of rotatable bonds is 1. The van der Waals surface area contributed by atoms with E-state index in [1.807, 2.05) is 42.2 Å². The maximum absolute atomic E-state index is 9.29. The van der Waals surface area contributed by atoms with Crippen molar-refractivity contribution in [3.8, 4) is 0 Å². The zero-order valence-electron chi connectivity index (χ0n) is 8.46. The molecule has 0 atom stereocenters. The van der Waals surface area contributed by atoms with E-state index in [1.165, 1.54) is 6.20 Å². The first kappa shape index (κ1) is 9.61. The zero-order chi connectivity index (χ0) is 10.8. The lowest BCUT2D eigenvalue weighted by Crippen LogP contribution is -2.31. The Morgan fingerprint density at radius 3 is 2.40 bits per heavy atom. The highest BCUT2D eigenvalue weighted by atomic mass is 16.5. The van der Waals surface area contributed by atoms with Crippen LogP contribution in [0, 0.1) is 0 Å². The number of hydrogen-bond donors (Lipinski definition) is 2. The summed E-state index contributed by atoms with van der Waals surface area (Å²) in [6.07, 6.45) is 3.06. The van der Waals surface area contributed by atoms with Crippen LogP contribution in [-0.2, 0) is 0 Å². The molecular weight excluding hydrogens is 190 g/mol. The molecule has 0 amide bonds. The Labute approximate surface area is 88.5 Å². The van der Waals surface area contributed by atoms with Crippen molar-refractivity contribution >= 4 is 5.69 Å². The van der Waals surface area contributed by atoms with Crippen LogP contribution < -0.4 is 10.6 Å². The third kappa shape index (κ3) is 1.80. The van der Waals surface area contributed by atoms with Gasteiger partial charge in [0.1, 0.15) is 5.82 Å². The molecule has 0 aromatic heterocycles. The van der Waals surface area contributed by atoms with Crippen molar-refractivity contribution in [3.05, 3.63) is 54.2 Å². The Morgan fingerprint density at radius 1 is 1.13 bits per heavy atom. The van der Waals surface area contributed by atoms with Gasteiger partial charge in [-0.05, 0) is 19.1 Å². The van der Waals surface area contributed by atoms with Crippen molar-refractivity contribution < 1.29 is 5.21 Å². The number of para-hydroxylation sites is 1. The topological polar surface area (TPSA) is 52.7 Å². The van der Waals surface area contributed by atoms with Gasteiger partial charge in [-0.3, -0.25) is 10.1 Å². The zero-order valence-corrected chi connectivity index (χ0v) is 8.46. The fraction of sp³-hybridized carbons (Fsp3) is 0.0909. The third-order valence-electron chi connectivity index (χ3n) is 2.21. The molecule has 0 radical (unpaired) electrons. The molecule has 4 heteroatoms. The first-order chi connectivity index (χ1) is 7.18. The molecule has 3 N–H and O–H groups in total. The van der Waals surface area contributed by atoms with Crippen molar-refractivity contribution in [2.24, 2.45) is 5.73 Å². The highest BCUT2D eigenvalue weighted by Crippen LogP contribution is 2.24. The standard InChI is InChI=1S/C11H13N3O/c1-9-7-13(15)8-11(12)14(9)10-5-3-2-4-6-10/h2-8,15H,12H2,1H3. The fourth-order valence-corrected chi connectivity index (χ4v) is 1.61. The van der Waals surface area contributed by atoms with Crippen LogP contribution in [0.5, 0.6) is 0 Å². The summed E-state index contributed by atoms with van der Waals surface area (Å²) < 4.78 is 0. The van der Waals surface area contributed by atoms with Crippen LogP contribution in [0.1, 0.15) is 6.92 Å². The SMILES string of the molecule is CC1=CN(O)C=C(N)N1c1ccccc1. The van der Waals surface area contributed by atoms with Crippen LogP contribution in [0.2, 0.25) is 0 Å². The molecule has 0 fully saturated rings. The van der Waals surface area contributed by atoms with Crippen molar-refractivity contribution in [2.75, 3.05) is 4.90 Å². The second-order valence-corrected chi connectivity index (χ2v) is 3.38. The largest absolute Gasteiger partial charge is 0.384 e. The maximum atomic E-state index is 9.29. The molecule has 1 aromatic rings. The first-order valence-corrected chi connectivity index (χ1v) is 4.66. The number of benzene rings is 1. The molecule has 0 unspecified atom stereocenters. The second-order valence-electron chi connectivity index (χ2n) is 3.38. The summed E-state index contributed by atoms with van der Waals surface area (Å²) in [4.78, 5) is 1.87.